The molecule has 166 valence electrons. The number of hydrazine groups is 1. The second kappa shape index (κ2) is 8.15. The lowest BCUT2D eigenvalue weighted by Gasteiger charge is -2.33. The number of aryl methyl sites for hydroxylation is 2. The molecule has 1 amide bonds. The van der Waals surface area contributed by atoms with Crippen molar-refractivity contribution in [1.29, 1.82) is 0 Å². The molecule has 0 bridgehead atoms. The minimum Gasteiger partial charge on any atom is -0.360 e. The van der Waals surface area contributed by atoms with E-state index in [-0.39, 0.29) is 17.4 Å². The Balaban J connectivity index is 1.52. The summed E-state index contributed by atoms with van der Waals surface area (Å²) in [6.45, 7) is 13.8. The number of benzene rings is 1. The summed E-state index contributed by atoms with van der Waals surface area (Å²) in [4.78, 5) is 13.2. The maximum atomic E-state index is 13.2. The van der Waals surface area contributed by atoms with Crippen LogP contribution < -0.4 is 10.7 Å². The predicted octanol–water partition coefficient (Wildman–Crippen LogP) is 4.50. The second-order valence-corrected chi connectivity index (χ2v) is 10.1. The van der Waals surface area contributed by atoms with Crippen LogP contribution >= 0.6 is 0 Å². The molecule has 1 aromatic carbocycles. The van der Waals surface area contributed by atoms with Gasteiger partial charge in [0.1, 0.15) is 5.76 Å². The Bertz CT molecular complexity index is 1010. The summed E-state index contributed by atoms with van der Waals surface area (Å²) in [7, 11) is 0. The lowest BCUT2D eigenvalue weighted by atomic mass is 9.71. The third-order valence-electron chi connectivity index (χ3n) is 6.89. The first kappa shape index (κ1) is 21.6. The van der Waals surface area contributed by atoms with Crippen molar-refractivity contribution in [1.82, 2.24) is 20.9 Å². The van der Waals surface area contributed by atoms with Crippen LogP contribution in [0.25, 0.3) is 0 Å². The topological polar surface area (TPSA) is 70.4 Å². The molecule has 1 aliphatic heterocycles. The largest absolute Gasteiger partial charge is 0.360 e. The highest BCUT2D eigenvalue weighted by molar-refractivity contribution is 5.95. The number of carbonyl (C=O) groups excluding carboxylic acids is 1. The molecule has 0 fully saturated rings. The molecule has 2 aliphatic rings. The van der Waals surface area contributed by atoms with Gasteiger partial charge < -0.3 is 14.8 Å². The molecule has 4 rings (SSSR count). The third-order valence-corrected chi connectivity index (χ3v) is 6.89. The van der Waals surface area contributed by atoms with Crippen molar-refractivity contribution < 1.29 is 9.32 Å². The summed E-state index contributed by atoms with van der Waals surface area (Å²) < 4.78 is 5.55. The Morgan fingerprint density at radius 1 is 1.29 bits per heavy atom. The molecule has 0 saturated heterocycles. The van der Waals surface area contributed by atoms with Crippen LogP contribution in [0, 0.1) is 18.3 Å². The van der Waals surface area contributed by atoms with Gasteiger partial charge in [-0.3, -0.25) is 4.79 Å². The molecule has 2 heterocycles. The highest BCUT2D eigenvalue weighted by Gasteiger charge is 2.35. The molecule has 1 aliphatic carbocycles. The lowest BCUT2D eigenvalue weighted by molar-refractivity contribution is 0.0953. The van der Waals surface area contributed by atoms with Crippen molar-refractivity contribution in [2.75, 3.05) is 0 Å². The zero-order valence-electron chi connectivity index (χ0n) is 19.5. The molecule has 0 unspecified atom stereocenters. The molecule has 1 aromatic heterocycles. The van der Waals surface area contributed by atoms with Gasteiger partial charge in [-0.2, -0.15) is 0 Å². The number of hydrogen-bond donors (Lipinski definition) is 2. The molecule has 2 atom stereocenters. The number of rotatable bonds is 4. The van der Waals surface area contributed by atoms with E-state index in [1.165, 1.54) is 11.1 Å². The van der Waals surface area contributed by atoms with Gasteiger partial charge in [-0.05, 0) is 56.1 Å². The Morgan fingerprint density at radius 3 is 2.74 bits per heavy atom. The highest BCUT2D eigenvalue weighted by Crippen LogP contribution is 2.38. The van der Waals surface area contributed by atoms with Crippen LogP contribution in [0.1, 0.15) is 74.0 Å². The number of aromatic nitrogens is 1. The Kier molecular flexibility index (Phi) is 5.69. The van der Waals surface area contributed by atoms with Crippen molar-refractivity contribution in [3.05, 3.63) is 63.8 Å². The molecule has 6 nitrogen and oxygen atoms in total. The zero-order chi connectivity index (χ0) is 22.3. The van der Waals surface area contributed by atoms with Gasteiger partial charge in [0, 0.05) is 17.7 Å². The standard InChI is InChI=1S/C25H34N4O2/c1-15-9-7-8-10-18(15)14-29-17(3)22(16(2)27-29)26-24(30)23-20-13-19(25(4,5)6)11-12-21(20)31-28-23/h7-10,16,19,27H,11-14H2,1-6H3,(H,26,30)/t16-,19+/m1/s1. The van der Waals surface area contributed by atoms with Gasteiger partial charge in [0.05, 0.1) is 18.3 Å². The van der Waals surface area contributed by atoms with Crippen LogP contribution in [0.2, 0.25) is 0 Å². The number of hydrogen-bond acceptors (Lipinski definition) is 5. The van der Waals surface area contributed by atoms with E-state index >= 15 is 0 Å². The minimum absolute atomic E-state index is 0.0121. The number of fused-ring (bicyclic) bond motifs is 1. The van der Waals surface area contributed by atoms with Gasteiger partial charge >= 0.3 is 0 Å². The van der Waals surface area contributed by atoms with Crippen LogP contribution in [0.15, 0.2) is 40.2 Å². The average molecular weight is 423 g/mol. The smallest absolute Gasteiger partial charge is 0.277 e. The van der Waals surface area contributed by atoms with E-state index in [2.05, 4.69) is 79.8 Å². The van der Waals surface area contributed by atoms with E-state index in [1.807, 2.05) is 6.92 Å². The first-order valence-corrected chi connectivity index (χ1v) is 11.2. The van der Waals surface area contributed by atoms with E-state index in [4.69, 9.17) is 4.52 Å². The number of nitrogens with zero attached hydrogens (tertiary/aromatic N) is 2. The van der Waals surface area contributed by atoms with Crippen LogP contribution in [0.3, 0.4) is 0 Å². The second-order valence-electron chi connectivity index (χ2n) is 10.1. The number of carbonyl (C=O) groups is 1. The fourth-order valence-corrected chi connectivity index (χ4v) is 4.68. The van der Waals surface area contributed by atoms with Gasteiger partial charge in [0.25, 0.3) is 5.91 Å². The molecule has 0 spiro atoms. The summed E-state index contributed by atoms with van der Waals surface area (Å²) in [5, 5.41) is 9.40. The van der Waals surface area contributed by atoms with E-state index < -0.39 is 0 Å². The summed E-state index contributed by atoms with van der Waals surface area (Å²) in [6.07, 6.45) is 2.77. The Labute approximate surface area is 185 Å². The maximum absolute atomic E-state index is 13.2. The molecular formula is C25H34N4O2. The molecule has 31 heavy (non-hydrogen) atoms. The summed E-state index contributed by atoms with van der Waals surface area (Å²) >= 11 is 0. The first-order valence-electron chi connectivity index (χ1n) is 11.2. The van der Waals surface area contributed by atoms with Gasteiger partial charge in [0.2, 0.25) is 0 Å². The maximum Gasteiger partial charge on any atom is 0.277 e. The van der Waals surface area contributed by atoms with E-state index in [1.54, 1.807) is 0 Å². The van der Waals surface area contributed by atoms with Crippen molar-refractivity contribution in [3.8, 4) is 0 Å². The first-order chi connectivity index (χ1) is 14.6. The summed E-state index contributed by atoms with van der Waals surface area (Å²) in [5.74, 6) is 1.21. The molecule has 2 aromatic rings. The fourth-order valence-electron chi connectivity index (χ4n) is 4.68. The molecule has 0 saturated carbocycles. The molecular weight excluding hydrogens is 388 g/mol. The van der Waals surface area contributed by atoms with Crippen molar-refractivity contribution in [2.24, 2.45) is 11.3 Å². The Hall–Kier alpha value is -2.60. The summed E-state index contributed by atoms with van der Waals surface area (Å²) in [6, 6.07) is 8.38. The van der Waals surface area contributed by atoms with Gasteiger partial charge in [-0.15, -0.1) is 0 Å². The third kappa shape index (κ3) is 4.26. The van der Waals surface area contributed by atoms with Crippen molar-refractivity contribution in [3.63, 3.8) is 0 Å². The highest BCUT2D eigenvalue weighted by atomic mass is 16.5. The number of allylic oxidation sites excluding steroid dienone is 1. The predicted molar refractivity (Wildman–Crippen MR) is 121 cm³/mol. The zero-order valence-corrected chi connectivity index (χ0v) is 19.5. The van der Waals surface area contributed by atoms with E-state index in [9.17, 15) is 4.79 Å². The summed E-state index contributed by atoms with van der Waals surface area (Å²) in [5.41, 5.74) is 9.51. The SMILES string of the molecule is CC1=C(NC(=O)c2noc3c2C[C@@H](C(C)(C)C)CC3)[C@@H](C)NN1Cc1ccccc1C. The van der Waals surface area contributed by atoms with Gasteiger partial charge in [-0.1, -0.05) is 50.2 Å². The van der Waals surface area contributed by atoms with Gasteiger partial charge in [0.15, 0.2) is 5.69 Å². The van der Waals surface area contributed by atoms with Crippen molar-refractivity contribution in [2.45, 2.75) is 73.4 Å². The monoisotopic (exact) mass is 422 g/mol. The van der Waals surface area contributed by atoms with Gasteiger partial charge in [-0.25, -0.2) is 5.43 Å². The minimum atomic E-state index is -0.180. The lowest BCUT2D eigenvalue weighted by Crippen LogP contribution is -2.37. The number of nitrogens with one attached hydrogen (secondary N) is 2. The van der Waals surface area contributed by atoms with E-state index in [0.29, 0.717) is 11.6 Å². The normalized spacial score (nSPS) is 21.4. The molecule has 0 radical (unpaired) electrons. The fraction of sp³-hybridized carbons (Fsp3) is 0.520. The molecule has 6 heteroatoms. The average Bonchev–Trinajstić information content (AvgIpc) is 3.25. The van der Waals surface area contributed by atoms with Crippen LogP contribution in [-0.4, -0.2) is 22.1 Å². The van der Waals surface area contributed by atoms with E-state index in [0.717, 1.165) is 48.5 Å². The van der Waals surface area contributed by atoms with Crippen LogP contribution in [-0.2, 0) is 19.4 Å². The Morgan fingerprint density at radius 2 is 2.03 bits per heavy atom. The van der Waals surface area contributed by atoms with Crippen LogP contribution in [0.4, 0.5) is 0 Å². The number of amides is 1. The quantitative estimate of drug-likeness (QED) is 0.759. The van der Waals surface area contributed by atoms with Crippen molar-refractivity contribution >= 4 is 5.91 Å². The molecule has 2 N–H and O–H groups in total. The van der Waals surface area contributed by atoms with Crippen LogP contribution in [0.5, 0.6) is 0 Å².